The number of carbonyl (C=O) groups excluding carboxylic acids is 2. The number of thiazole rings is 1. The normalized spacial score (nSPS) is 10.6. The van der Waals surface area contributed by atoms with Crippen molar-refractivity contribution in [2.24, 2.45) is 0 Å². The molecule has 1 aromatic carbocycles. The molecule has 0 spiro atoms. The number of pyridine rings is 1. The summed E-state index contributed by atoms with van der Waals surface area (Å²) in [5, 5.41) is 3.29. The van der Waals surface area contributed by atoms with Gasteiger partial charge in [-0.3, -0.25) is 4.98 Å². The minimum atomic E-state index is -0.565. The van der Waals surface area contributed by atoms with Gasteiger partial charge in [-0.05, 0) is 31.5 Å². The minimum Gasteiger partial charge on any atom is -0.465 e. The first kappa shape index (κ1) is 21.7. The summed E-state index contributed by atoms with van der Waals surface area (Å²) in [4.78, 5) is 34.4. The molecule has 0 aliphatic heterocycles. The molecule has 3 aromatic rings. The molecule has 3 rings (SSSR count). The fourth-order valence-electron chi connectivity index (χ4n) is 3.15. The molecule has 0 saturated carbocycles. The highest BCUT2D eigenvalue weighted by atomic mass is 35.5. The predicted molar refractivity (Wildman–Crippen MR) is 116 cm³/mol. The van der Waals surface area contributed by atoms with E-state index in [-0.39, 0.29) is 11.1 Å². The Balaban J connectivity index is 2.02. The molecule has 7 nitrogen and oxygen atoms in total. The van der Waals surface area contributed by atoms with Gasteiger partial charge in [-0.15, -0.1) is 11.3 Å². The average molecular weight is 446 g/mol. The zero-order valence-electron chi connectivity index (χ0n) is 16.9. The zero-order chi connectivity index (χ0) is 21.8. The molecule has 0 aliphatic carbocycles. The number of halogens is 1. The fraction of sp³-hybridized carbons (Fsp3) is 0.238. The van der Waals surface area contributed by atoms with Crippen LogP contribution in [0.1, 0.15) is 37.0 Å². The summed E-state index contributed by atoms with van der Waals surface area (Å²) in [7, 11) is 2.59. The number of anilines is 1. The van der Waals surface area contributed by atoms with Gasteiger partial charge in [-0.25, -0.2) is 14.6 Å². The summed E-state index contributed by atoms with van der Waals surface area (Å²) in [6, 6.07) is 7.39. The van der Waals surface area contributed by atoms with Crippen LogP contribution in [0, 0.1) is 13.8 Å². The average Bonchev–Trinajstić information content (AvgIpc) is 3.16. The second-order valence-electron chi connectivity index (χ2n) is 6.40. The van der Waals surface area contributed by atoms with Crippen LogP contribution >= 0.6 is 22.9 Å². The lowest BCUT2D eigenvalue weighted by Crippen LogP contribution is -2.16. The molecule has 0 unspecified atom stereocenters. The van der Waals surface area contributed by atoms with Crippen molar-refractivity contribution >= 4 is 40.6 Å². The van der Waals surface area contributed by atoms with E-state index < -0.39 is 11.9 Å². The minimum absolute atomic E-state index is 0.239. The highest BCUT2D eigenvalue weighted by Crippen LogP contribution is 2.33. The summed E-state index contributed by atoms with van der Waals surface area (Å²) in [6.07, 6.45) is 1.72. The van der Waals surface area contributed by atoms with E-state index in [0.717, 1.165) is 10.6 Å². The van der Waals surface area contributed by atoms with Crippen molar-refractivity contribution in [2.45, 2.75) is 20.4 Å². The number of rotatable bonds is 6. The number of nitrogens with one attached hydrogen (secondary N) is 1. The van der Waals surface area contributed by atoms with Gasteiger partial charge < -0.3 is 14.8 Å². The van der Waals surface area contributed by atoms with E-state index in [4.69, 9.17) is 21.1 Å². The van der Waals surface area contributed by atoms with Crippen molar-refractivity contribution in [1.82, 2.24) is 9.97 Å². The number of carbonyl (C=O) groups is 2. The molecule has 2 aromatic heterocycles. The topological polar surface area (TPSA) is 90.4 Å². The third kappa shape index (κ3) is 4.44. The van der Waals surface area contributed by atoms with Crippen molar-refractivity contribution < 1.29 is 19.1 Å². The molecule has 0 fully saturated rings. The molecule has 0 amide bonds. The first-order valence-electron chi connectivity index (χ1n) is 8.98. The maximum Gasteiger partial charge on any atom is 0.340 e. The van der Waals surface area contributed by atoms with E-state index in [2.05, 4.69) is 15.3 Å². The Morgan fingerprint density at radius 3 is 2.07 bits per heavy atom. The van der Waals surface area contributed by atoms with Gasteiger partial charge in [0.1, 0.15) is 0 Å². The molecule has 2 heterocycles. The highest BCUT2D eigenvalue weighted by Gasteiger charge is 2.27. The Morgan fingerprint density at radius 2 is 1.60 bits per heavy atom. The van der Waals surface area contributed by atoms with E-state index in [9.17, 15) is 9.59 Å². The van der Waals surface area contributed by atoms with Gasteiger partial charge >= 0.3 is 11.9 Å². The molecular weight excluding hydrogens is 426 g/mol. The number of methoxy groups -OCH3 is 2. The fourth-order valence-corrected chi connectivity index (χ4v) is 4.07. The van der Waals surface area contributed by atoms with E-state index in [0.29, 0.717) is 33.5 Å². The summed E-state index contributed by atoms with van der Waals surface area (Å²) in [5.41, 5.74) is 3.42. The van der Waals surface area contributed by atoms with Crippen molar-refractivity contribution in [3.63, 3.8) is 0 Å². The first-order chi connectivity index (χ1) is 14.3. The molecule has 1 N–H and O–H groups in total. The molecule has 0 atom stereocenters. The highest BCUT2D eigenvalue weighted by molar-refractivity contribution is 7.15. The Hall–Kier alpha value is -2.97. The number of aromatic nitrogens is 2. The second kappa shape index (κ2) is 9.23. The van der Waals surface area contributed by atoms with Gasteiger partial charge in [-0.1, -0.05) is 23.7 Å². The van der Waals surface area contributed by atoms with Gasteiger partial charge in [0.05, 0.1) is 43.3 Å². The molecule has 0 bridgehead atoms. The van der Waals surface area contributed by atoms with Gasteiger partial charge in [0.25, 0.3) is 0 Å². The lowest BCUT2D eigenvalue weighted by atomic mass is 9.92. The van der Waals surface area contributed by atoms with E-state index in [1.54, 1.807) is 20.0 Å². The molecule has 9 heteroatoms. The van der Waals surface area contributed by atoms with Gasteiger partial charge in [-0.2, -0.15) is 0 Å². The zero-order valence-corrected chi connectivity index (χ0v) is 18.5. The quantitative estimate of drug-likeness (QED) is 0.551. The third-order valence-electron chi connectivity index (χ3n) is 4.50. The Bertz CT molecular complexity index is 1060. The number of hydrogen-bond acceptors (Lipinski definition) is 8. The molecule has 0 radical (unpaired) electrons. The van der Waals surface area contributed by atoms with Crippen LogP contribution in [0.5, 0.6) is 0 Å². The van der Waals surface area contributed by atoms with Crippen LogP contribution in [-0.4, -0.2) is 36.1 Å². The van der Waals surface area contributed by atoms with Crippen LogP contribution in [0.4, 0.5) is 5.69 Å². The van der Waals surface area contributed by atoms with Crippen molar-refractivity contribution in [2.75, 3.05) is 19.5 Å². The number of ether oxygens (including phenoxy) is 2. The van der Waals surface area contributed by atoms with Crippen LogP contribution in [0.25, 0.3) is 11.1 Å². The van der Waals surface area contributed by atoms with E-state index in [1.807, 2.05) is 24.3 Å². The largest absolute Gasteiger partial charge is 0.465 e. The summed E-state index contributed by atoms with van der Waals surface area (Å²) >= 11 is 7.27. The van der Waals surface area contributed by atoms with Crippen LogP contribution < -0.4 is 5.32 Å². The molecule has 0 aliphatic rings. The lowest BCUT2D eigenvalue weighted by molar-refractivity contribution is 0.0599. The van der Waals surface area contributed by atoms with Gasteiger partial charge in [0.15, 0.2) is 4.47 Å². The number of benzene rings is 1. The van der Waals surface area contributed by atoms with Crippen molar-refractivity contribution in [3.8, 4) is 11.1 Å². The number of aryl methyl sites for hydroxylation is 2. The van der Waals surface area contributed by atoms with Gasteiger partial charge in [0, 0.05) is 22.3 Å². The van der Waals surface area contributed by atoms with E-state index in [1.165, 1.54) is 25.6 Å². The number of esters is 2. The predicted octanol–water partition coefficient (Wildman–Crippen LogP) is 4.66. The van der Waals surface area contributed by atoms with Crippen LogP contribution in [-0.2, 0) is 16.0 Å². The summed E-state index contributed by atoms with van der Waals surface area (Å²) < 4.78 is 10.4. The third-order valence-corrected chi connectivity index (χ3v) is 5.62. The number of hydrogen-bond donors (Lipinski definition) is 1. The van der Waals surface area contributed by atoms with E-state index >= 15 is 0 Å². The second-order valence-corrected chi connectivity index (χ2v) is 8.10. The smallest absolute Gasteiger partial charge is 0.340 e. The molecule has 30 heavy (non-hydrogen) atoms. The first-order valence-corrected chi connectivity index (χ1v) is 10.2. The Labute approximate surface area is 183 Å². The van der Waals surface area contributed by atoms with Crippen LogP contribution in [0.15, 0.2) is 30.5 Å². The lowest BCUT2D eigenvalue weighted by Gasteiger charge is -2.17. The number of nitrogens with zero attached hydrogens (tertiary/aromatic N) is 2. The molecular formula is C21H20ClN3O4S. The molecule has 0 saturated heterocycles. The Morgan fingerprint density at radius 1 is 1.03 bits per heavy atom. The molecule has 156 valence electrons. The SMILES string of the molecule is COC(=O)c1c(C)nc(C)c(C(=O)OC)c1-c1ccc(NCc2cnc(Cl)s2)cc1. The summed E-state index contributed by atoms with van der Waals surface area (Å²) in [6.45, 7) is 4.00. The standard InChI is InChI=1S/C21H20ClN3O4S/c1-11-16(19(26)28-3)18(17(12(2)25-11)20(27)29-4)13-5-7-14(8-6-13)23-9-15-10-24-21(22)30-15/h5-8,10,23H,9H2,1-4H3. The Kier molecular flexibility index (Phi) is 6.69. The van der Waals surface area contributed by atoms with Crippen LogP contribution in [0.3, 0.4) is 0 Å². The maximum absolute atomic E-state index is 12.5. The van der Waals surface area contributed by atoms with Crippen molar-refractivity contribution in [3.05, 3.63) is 62.3 Å². The maximum atomic E-state index is 12.5. The van der Waals surface area contributed by atoms with Gasteiger partial charge in [0.2, 0.25) is 0 Å². The summed E-state index contributed by atoms with van der Waals surface area (Å²) in [5.74, 6) is -1.13. The van der Waals surface area contributed by atoms with Crippen molar-refractivity contribution in [1.29, 1.82) is 0 Å². The van der Waals surface area contributed by atoms with Crippen LogP contribution in [0.2, 0.25) is 4.47 Å². The monoisotopic (exact) mass is 445 g/mol.